The third kappa shape index (κ3) is 1.56. The minimum atomic E-state index is 0.383. The summed E-state index contributed by atoms with van der Waals surface area (Å²) >= 11 is 0. The molecule has 3 rings (SSSR count). The summed E-state index contributed by atoms with van der Waals surface area (Å²) in [6, 6.07) is 7.73. The van der Waals surface area contributed by atoms with Gasteiger partial charge in [0.15, 0.2) is 12.0 Å². The van der Waals surface area contributed by atoms with Crippen LogP contribution in [0, 0.1) is 13.8 Å². The predicted octanol–water partition coefficient (Wildman–Crippen LogP) is 4.12. The SMILES string of the molecule is Cc1cc(-c2ccc3occ(C)c3c2)oc1C=O. The molecule has 3 heteroatoms. The van der Waals surface area contributed by atoms with Gasteiger partial charge in [0.2, 0.25) is 0 Å². The molecule has 0 amide bonds. The Morgan fingerprint density at radius 2 is 1.94 bits per heavy atom. The summed E-state index contributed by atoms with van der Waals surface area (Å²) in [4.78, 5) is 10.8. The first-order valence-electron chi connectivity index (χ1n) is 5.73. The minimum Gasteiger partial charge on any atom is -0.464 e. The zero-order chi connectivity index (χ0) is 12.7. The monoisotopic (exact) mass is 240 g/mol. The van der Waals surface area contributed by atoms with E-state index in [0.29, 0.717) is 11.5 Å². The second kappa shape index (κ2) is 3.88. The number of benzene rings is 1. The number of fused-ring (bicyclic) bond motifs is 1. The molecule has 1 aromatic carbocycles. The molecule has 0 aliphatic carbocycles. The Labute approximate surface area is 104 Å². The first-order valence-corrected chi connectivity index (χ1v) is 5.73. The number of furan rings is 2. The summed E-state index contributed by atoms with van der Waals surface area (Å²) in [7, 11) is 0. The zero-order valence-electron chi connectivity index (χ0n) is 10.2. The smallest absolute Gasteiger partial charge is 0.185 e. The van der Waals surface area contributed by atoms with E-state index in [-0.39, 0.29) is 0 Å². The number of rotatable bonds is 2. The Morgan fingerprint density at radius 1 is 1.11 bits per heavy atom. The molecule has 0 atom stereocenters. The molecule has 0 radical (unpaired) electrons. The molecular weight excluding hydrogens is 228 g/mol. The van der Waals surface area contributed by atoms with Gasteiger partial charge in [-0.15, -0.1) is 0 Å². The number of hydrogen-bond acceptors (Lipinski definition) is 3. The van der Waals surface area contributed by atoms with E-state index in [2.05, 4.69) is 0 Å². The van der Waals surface area contributed by atoms with E-state index in [1.54, 1.807) is 6.26 Å². The lowest BCUT2D eigenvalue weighted by molar-refractivity contribution is 0.110. The van der Waals surface area contributed by atoms with Crippen LogP contribution in [-0.2, 0) is 0 Å². The molecule has 0 saturated carbocycles. The first kappa shape index (κ1) is 10.8. The highest BCUT2D eigenvalue weighted by atomic mass is 16.3. The van der Waals surface area contributed by atoms with Gasteiger partial charge in [-0.05, 0) is 49.2 Å². The maximum Gasteiger partial charge on any atom is 0.185 e. The fourth-order valence-corrected chi connectivity index (χ4v) is 2.06. The Kier molecular flexibility index (Phi) is 2.33. The number of carbonyl (C=O) groups excluding carboxylic acids is 1. The molecule has 0 aliphatic rings. The van der Waals surface area contributed by atoms with Gasteiger partial charge in [0, 0.05) is 10.9 Å². The van der Waals surface area contributed by atoms with Crippen LogP contribution in [0.25, 0.3) is 22.3 Å². The summed E-state index contributed by atoms with van der Waals surface area (Å²) in [5, 5.41) is 1.06. The molecule has 0 saturated heterocycles. The van der Waals surface area contributed by atoms with Crippen LogP contribution in [0.3, 0.4) is 0 Å². The van der Waals surface area contributed by atoms with Crippen molar-refractivity contribution in [3.63, 3.8) is 0 Å². The van der Waals surface area contributed by atoms with Crippen LogP contribution in [-0.4, -0.2) is 6.29 Å². The quantitative estimate of drug-likeness (QED) is 0.633. The van der Waals surface area contributed by atoms with Crippen LogP contribution >= 0.6 is 0 Å². The van der Waals surface area contributed by atoms with E-state index in [0.717, 1.165) is 33.9 Å². The van der Waals surface area contributed by atoms with Gasteiger partial charge in [0.25, 0.3) is 0 Å². The molecule has 0 fully saturated rings. The van der Waals surface area contributed by atoms with Crippen LogP contribution in [0.5, 0.6) is 0 Å². The normalized spacial score (nSPS) is 11.0. The Morgan fingerprint density at radius 3 is 2.67 bits per heavy atom. The van der Waals surface area contributed by atoms with E-state index in [1.807, 2.05) is 38.1 Å². The van der Waals surface area contributed by atoms with Gasteiger partial charge in [-0.1, -0.05) is 0 Å². The van der Waals surface area contributed by atoms with Crippen molar-refractivity contribution in [3.05, 3.63) is 47.4 Å². The largest absolute Gasteiger partial charge is 0.464 e. The molecule has 18 heavy (non-hydrogen) atoms. The average Bonchev–Trinajstić information content (AvgIpc) is 2.93. The third-order valence-corrected chi connectivity index (χ3v) is 3.11. The molecule has 0 bridgehead atoms. The van der Waals surface area contributed by atoms with Gasteiger partial charge >= 0.3 is 0 Å². The van der Waals surface area contributed by atoms with Gasteiger partial charge < -0.3 is 8.83 Å². The summed E-state index contributed by atoms with van der Waals surface area (Å²) in [5.74, 6) is 1.09. The third-order valence-electron chi connectivity index (χ3n) is 3.11. The van der Waals surface area contributed by atoms with E-state index >= 15 is 0 Å². The lowest BCUT2D eigenvalue weighted by Gasteiger charge is -1.97. The van der Waals surface area contributed by atoms with Gasteiger partial charge in [0.1, 0.15) is 11.3 Å². The molecule has 0 aliphatic heterocycles. The maximum atomic E-state index is 10.8. The van der Waals surface area contributed by atoms with E-state index in [1.165, 1.54) is 0 Å². The standard InChI is InChI=1S/C15H12O3/c1-9-5-14(18-15(9)7-16)11-3-4-13-12(6-11)10(2)8-17-13/h3-8H,1-2H3. The fraction of sp³-hybridized carbons (Fsp3) is 0.133. The predicted molar refractivity (Wildman–Crippen MR) is 68.8 cm³/mol. The first-order chi connectivity index (χ1) is 8.69. The second-order valence-corrected chi connectivity index (χ2v) is 4.41. The summed E-state index contributed by atoms with van der Waals surface area (Å²) in [6.07, 6.45) is 2.47. The highest BCUT2D eigenvalue weighted by Gasteiger charge is 2.10. The second-order valence-electron chi connectivity index (χ2n) is 4.41. The highest BCUT2D eigenvalue weighted by Crippen LogP contribution is 2.29. The maximum absolute atomic E-state index is 10.8. The van der Waals surface area contributed by atoms with Crippen molar-refractivity contribution in [2.45, 2.75) is 13.8 Å². The molecule has 90 valence electrons. The number of carbonyl (C=O) groups is 1. The highest BCUT2D eigenvalue weighted by molar-refractivity contribution is 5.86. The Bertz CT molecular complexity index is 731. The summed E-state index contributed by atoms with van der Waals surface area (Å²) in [5.41, 5.74) is 3.74. The number of hydrogen-bond donors (Lipinski definition) is 0. The van der Waals surface area contributed by atoms with Crippen molar-refractivity contribution < 1.29 is 13.6 Å². The molecule has 3 aromatic rings. The van der Waals surface area contributed by atoms with Crippen LogP contribution in [0.15, 0.2) is 39.4 Å². The van der Waals surface area contributed by atoms with Crippen molar-refractivity contribution in [1.82, 2.24) is 0 Å². The fourth-order valence-electron chi connectivity index (χ4n) is 2.06. The number of aryl methyl sites for hydroxylation is 2. The van der Waals surface area contributed by atoms with Crippen molar-refractivity contribution >= 4 is 17.3 Å². The molecule has 2 aromatic heterocycles. The van der Waals surface area contributed by atoms with Crippen LogP contribution in [0.2, 0.25) is 0 Å². The van der Waals surface area contributed by atoms with E-state index in [9.17, 15) is 4.79 Å². The zero-order valence-corrected chi connectivity index (χ0v) is 10.2. The van der Waals surface area contributed by atoms with Crippen LogP contribution < -0.4 is 0 Å². The lowest BCUT2D eigenvalue weighted by atomic mass is 10.1. The summed E-state index contributed by atoms with van der Waals surface area (Å²) in [6.45, 7) is 3.86. The van der Waals surface area contributed by atoms with Crippen molar-refractivity contribution in [2.24, 2.45) is 0 Å². The van der Waals surface area contributed by atoms with Gasteiger partial charge in [-0.2, -0.15) is 0 Å². The van der Waals surface area contributed by atoms with Crippen LogP contribution in [0.1, 0.15) is 21.7 Å². The van der Waals surface area contributed by atoms with E-state index in [4.69, 9.17) is 8.83 Å². The van der Waals surface area contributed by atoms with Gasteiger partial charge in [0.05, 0.1) is 6.26 Å². The minimum absolute atomic E-state index is 0.383. The molecule has 0 unspecified atom stereocenters. The topological polar surface area (TPSA) is 43.4 Å². The van der Waals surface area contributed by atoms with Crippen molar-refractivity contribution in [1.29, 1.82) is 0 Å². The average molecular weight is 240 g/mol. The molecule has 2 heterocycles. The Hall–Kier alpha value is -2.29. The molecular formula is C15H12O3. The molecule has 3 nitrogen and oxygen atoms in total. The number of aldehydes is 1. The Balaban J connectivity index is 2.18. The lowest BCUT2D eigenvalue weighted by Crippen LogP contribution is -1.75. The summed E-state index contributed by atoms with van der Waals surface area (Å²) < 4.78 is 10.9. The van der Waals surface area contributed by atoms with Gasteiger partial charge in [-0.3, -0.25) is 4.79 Å². The van der Waals surface area contributed by atoms with Crippen molar-refractivity contribution in [2.75, 3.05) is 0 Å². The van der Waals surface area contributed by atoms with Crippen LogP contribution in [0.4, 0.5) is 0 Å². The van der Waals surface area contributed by atoms with Crippen molar-refractivity contribution in [3.8, 4) is 11.3 Å². The van der Waals surface area contributed by atoms with Gasteiger partial charge in [-0.25, -0.2) is 0 Å². The molecule has 0 N–H and O–H groups in total. The van der Waals surface area contributed by atoms with E-state index < -0.39 is 0 Å². The molecule has 0 spiro atoms.